The maximum Gasteiger partial charge on any atom is 0.259 e. The van der Waals surface area contributed by atoms with Gasteiger partial charge in [0.05, 0.1) is 5.69 Å². The van der Waals surface area contributed by atoms with Gasteiger partial charge in [-0.2, -0.15) is 0 Å². The summed E-state index contributed by atoms with van der Waals surface area (Å²) in [6.07, 6.45) is 0. The van der Waals surface area contributed by atoms with Crippen LogP contribution in [0.1, 0.15) is 21.5 Å². The van der Waals surface area contributed by atoms with Crippen LogP contribution in [0.25, 0.3) is 0 Å². The number of amidine groups is 1. The number of hydrogen-bond donors (Lipinski definition) is 0. The van der Waals surface area contributed by atoms with Gasteiger partial charge in [-0.1, -0.05) is 47.7 Å². The van der Waals surface area contributed by atoms with E-state index in [1.54, 1.807) is 16.7 Å². The molecule has 3 rings (SSSR count). The predicted molar refractivity (Wildman–Crippen MR) is 92.9 cm³/mol. The summed E-state index contributed by atoms with van der Waals surface area (Å²) in [5, 5.41) is 0.792. The van der Waals surface area contributed by atoms with Gasteiger partial charge < -0.3 is 0 Å². The minimum absolute atomic E-state index is 0.0287. The Morgan fingerprint density at radius 1 is 1.14 bits per heavy atom. The third kappa shape index (κ3) is 3.07. The molecule has 2 aromatic rings. The van der Waals surface area contributed by atoms with Crippen LogP contribution < -0.4 is 0 Å². The van der Waals surface area contributed by atoms with Crippen LogP contribution in [0, 0.1) is 13.8 Å². The number of benzene rings is 2. The number of thioether (sulfide) groups is 1. The van der Waals surface area contributed by atoms with Crippen molar-refractivity contribution >= 4 is 28.5 Å². The van der Waals surface area contributed by atoms with Gasteiger partial charge in [-0.15, -0.1) is 0 Å². The number of para-hydroxylation sites is 1. The van der Waals surface area contributed by atoms with Gasteiger partial charge in [0.15, 0.2) is 5.17 Å². The van der Waals surface area contributed by atoms with E-state index in [-0.39, 0.29) is 5.91 Å². The van der Waals surface area contributed by atoms with E-state index >= 15 is 0 Å². The molecule has 0 N–H and O–H groups in total. The van der Waals surface area contributed by atoms with E-state index < -0.39 is 0 Å². The van der Waals surface area contributed by atoms with Gasteiger partial charge in [0, 0.05) is 17.9 Å². The van der Waals surface area contributed by atoms with E-state index in [0.717, 1.165) is 33.3 Å². The molecule has 0 bridgehead atoms. The molecule has 1 amide bonds. The van der Waals surface area contributed by atoms with Gasteiger partial charge in [-0.05, 0) is 37.6 Å². The van der Waals surface area contributed by atoms with Crippen molar-refractivity contribution in [2.24, 2.45) is 4.99 Å². The molecule has 1 fully saturated rings. The maximum atomic E-state index is 12.7. The Kier molecular flexibility index (Phi) is 4.29. The van der Waals surface area contributed by atoms with Crippen molar-refractivity contribution in [1.29, 1.82) is 0 Å². The molecular weight excluding hydrogens is 292 g/mol. The second-order valence-electron chi connectivity index (χ2n) is 5.36. The Balaban J connectivity index is 1.90. The normalized spacial score (nSPS) is 16.3. The molecule has 0 unspecified atom stereocenters. The highest BCUT2D eigenvalue weighted by Gasteiger charge is 2.26. The smallest absolute Gasteiger partial charge is 0.259 e. The molecule has 0 aliphatic carbocycles. The van der Waals surface area contributed by atoms with Crippen molar-refractivity contribution in [2.45, 2.75) is 13.8 Å². The van der Waals surface area contributed by atoms with Crippen molar-refractivity contribution < 1.29 is 4.79 Å². The summed E-state index contributed by atoms with van der Waals surface area (Å²) < 4.78 is 0. The number of nitrogens with zero attached hydrogens (tertiary/aromatic N) is 2. The number of amides is 1. The van der Waals surface area contributed by atoms with Crippen molar-refractivity contribution in [3.8, 4) is 0 Å². The maximum absolute atomic E-state index is 12.7. The van der Waals surface area contributed by atoms with Crippen LogP contribution in [0.5, 0.6) is 0 Å². The summed E-state index contributed by atoms with van der Waals surface area (Å²) in [4.78, 5) is 19.2. The number of rotatable bonds is 2. The lowest BCUT2D eigenvalue weighted by Gasteiger charge is -2.16. The highest BCUT2D eigenvalue weighted by atomic mass is 32.2. The van der Waals surface area contributed by atoms with Gasteiger partial charge >= 0.3 is 0 Å². The number of aryl methyl sites for hydroxylation is 2. The predicted octanol–water partition coefficient (Wildman–Crippen LogP) is 4.18. The molecule has 0 atom stereocenters. The molecule has 1 heterocycles. The highest BCUT2D eigenvalue weighted by Crippen LogP contribution is 2.26. The lowest BCUT2D eigenvalue weighted by molar-refractivity contribution is 0.0859. The van der Waals surface area contributed by atoms with E-state index in [4.69, 9.17) is 4.99 Å². The zero-order valence-electron chi connectivity index (χ0n) is 12.7. The number of carbonyl (C=O) groups excluding carboxylic acids is 1. The van der Waals surface area contributed by atoms with Crippen molar-refractivity contribution in [2.75, 3.05) is 12.3 Å². The fourth-order valence-corrected chi connectivity index (χ4v) is 3.36. The average molecular weight is 310 g/mol. The van der Waals surface area contributed by atoms with Crippen LogP contribution in [0.4, 0.5) is 5.69 Å². The van der Waals surface area contributed by atoms with Gasteiger partial charge in [0.25, 0.3) is 5.91 Å². The summed E-state index contributed by atoms with van der Waals surface area (Å²) in [5.41, 5.74) is 3.86. The molecule has 112 valence electrons. The van der Waals surface area contributed by atoms with Crippen LogP contribution in [0.3, 0.4) is 0 Å². The van der Waals surface area contributed by atoms with E-state index in [2.05, 4.69) is 0 Å². The third-order valence-corrected chi connectivity index (χ3v) is 4.58. The van der Waals surface area contributed by atoms with Crippen LogP contribution >= 0.6 is 11.8 Å². The van der Waals surface area contributed by atoms with Gasteiger partial charge in [0.2, 0.25) is 0 Å². The van der Waals surface area contributed by atoms with Crippen LogP contribution in [-0.4, -0.2) is 28.3 Å². The summed E-state index contributed by atoms with van der Waals surface area (Å²) in [7, 11) is 0. The molecule has 0 spiro atoms. The topological polar surface area (TPSA) is 32.7 Å². The van der Waals surface area contributed by atoms with Crippen LogP contribution in [-0.2, 0) is 0 Å². The molecule has 0 radical (unpaired) electrons. The Labute approximate surface area is 135 Å². The van der Waals surface area contributed by atoms with Gasteiger partial charge in [-0.3, -0.25) is 9.69 Å². The van der Waals surface area contributed by atoms with Crippen LogP contribution in [0.15, 0.2) is 53.5 Å². The first-order valence-electron chi connectivity index (χ1n) is 7.31. The van der Waals surface area contributed by atoms with Crippen molar-refractivity contribution in [1.82, 2.24) is 4.90 Å². The van der Waals surface area contributed by atoms with E-state index in [1.165, 1.54) is 0 Å². The van der Waals surface area contributed by atoms with Crippen molar-refractivity contribution in [3.63, 3.8) is 0 Å². The monoisotopic (exact) mass is 310 g/mol. The summed E-state index contributed by atoms with van der Waals surface area (Å²) in [6.45, 7) is 4.74. The number of aliphatic imine (C=N–C) groups is 1. The fraction of sp³-hybridized carbons (Fsp3) is 0.222. The first kappa shape index (κ1) is 14.9. The Hall–Kier alpha value is -2.07. The minimum Gasteiger partial charge on any atom is -0.286 e. The zero-order chi connectivity index (χ0) is 15.5. The highest BCUT2D eigenvalue weighted by molar-refractivity contribution is 8.14. The second kappa shape index (κ2) is 6.36. The number of carbonyl (C=O) groups is 1. The molecule has 1 aliphatic rings. The van der Waals surface area contributed by atoms with Crippen LogP contribution in [0.2, 0.25) is 0 Å². The Morgan fingerprint density at radius 3 is 2.73 bits per heavy atom. The summed E-state index contributed by atoms with van der Waals surface area (Å²) >= 11 is 1.64. The Morgan fingerprint density at radius 2 is 1.95 bits per heavy atom. The quantitative estimate of drug-likeness (QED) is 0.833. The standard InChI is InChI=1S/C18H18N2OS/c1-13-6-5-8-15(12-13)17(21)20-10-11-22-18(20)19-16-9-4-3-7-14(16)2/h3-9,12H,10-11H2,1-2H3. The van der Waals surface area contributed by atoms with Gasteiger partial charge in [-0.25, -0.2) is 4.99 Å². The van der Waals surface area contributed by atoms with E-state index in [9.17, 15) is 4.79 Å². The lowest BCUT2D eigenvalue weighted by Crippen LogP contribution is -2.31. The molecule has 1 saturated heterocycles. The Bertz CT molecular complexity index is 739. The molecular formula is C18H18N2OS. The average Bonchev–Trinajstić information content (AvgIpc) is 2.97. The second-order valence-corrected chi connectivity index (χ2v) is 6.42. The summed E-state index contributed by atoms with van der Waals surface area (Å²) in [6, 6.07) is 15.7. The molecule has 0 saturated carbocycles. The first-order valence-corrected chi connectivity index (χ1v) is 8.29. The van der Waals surface area contributed by atoms with Crippen molar-refractivity contribution in [3.05, 3.63) is 65.2 Å². The zero-order valence-corrected chi connectivity index (χ0v) is 13.6. The SMILES string of the molecule is Cc1cccc(C(=O)N2CCSC2=Nc2ccccc2C)c1. The van der Waals surface area contributed by atoms with Gasteiger partial charge in [0.1, 0.15) is 0 Å². The fourth-order valence-electron chi connectivity index (χ4n) is 2.41. The molecule has 2 aromatic carbocycles. The molecule has 0 aromatic heterocycles. The molecule has 22 heavy (non-hydrogen) atoms. The van der Waals surface area contributed by atoms with E-state index in [0.29, 0.717) is 6.54 Å². The molecule has 3 nitrogen and oxygen atoms in total. The first-order chi connectivity index (χ1) is 10.6. The van der Waals surface area contributed by atoms with E-state index in [1.807, 2.05) is 62.4 Å². The summed E-state index contributed by atoms with van der Waals surface area (Å²) in [5.74, 6) is 0.920. The molecule has 4 heteroatoms. The number of hydrogen-bond acceptors (Lipinski definition) is 3. The largest absolute Gasteiger partial charge is 0.286 e. The lowest BCUT2D eigenvalue weighted by atomic mass is 10.1. The minimum atomic E-state index is 0.0287. The molecule has 1 aliphatic heterocycles. The third-order valence-electron chi connectivity index (χ3n) is 3.62.